The van der Waals surface area contributed by atoms with Crippen molar-refractivity contribution < 1.29 is 9.53 Å². The maximum absolute atomic E-state index is 12.3. The van der Waals surface area contributed by atoms with Crippen molar-refractivity contribution in [2.24, 2.45) is 0 Å². The summed E-state index contributed by atoms with van der Waals surface area (Å²) in [4.78, 5) is 20.1. The largest absolute Gasteiger partial charge is 0.497 e. The summed E-state index contributed by atoms with van der Waals surface area (Å²) in [7, 11) is 1.66. The molecule has 0 saturated heterocycles. The molecule has 0 radical (unpaired) electrons. The quantitative estimate of drug-likeness (QED) is 0.572. The minimum absolute atomic E-state index is 0.0510. The number of hydrogen-bond acceptors (Lipinski definition) is 3. The number of hydrogen-bond donors (Lipinski definition) is 2. The average molecular weight is 360 g/mol. The molecule has 27 heavy (non-hydrogen) atoms. The summed E-state index contributed by atoms with van der Waals surface area (Å²) in [5, 5.41) is 5.16. The summed E-state index contributed by atoms with van der Waals surface area (Å²) in [6.07, 6.45) is 5.98. The molecule has 1 fully saturated rings. The second-order valence-corrected chi connectivity index (χ2v) is 7.02. The molecule has 3 heterocycles. The third kappa shape index (κ3) is 2.93. The molecule has 1 aromatic carbocycles. The number of nitrogens with one attached hydrogen (secondary N) is 2. The topological polar surface area (TPSA) is 71.9 Å². The van der Waals surface area contributed by atoms with E-state index in [0.717, 1.165) is 51.8 Å². The van der Waals surface area contributed by atoms with E-state index in [2.05, 4.69) is 21.4 Å². The zero-order valence-corrected chi connectivity index (χ0v) is 15.0. The summed E-state index contributed by atoms with van der Waals surface area (Å²) in [5.41, 5.74) is 3.86. The van der Waals surface area contributed by atoms with Crippen LogP contribution >= 0.6 is 0 Å². The van der Waals surface area contributed by atoms with Gasteiger partial charge in [0.15, 0.2) is 0 Å². The van der Waals surface area contributed by atoms with Gasteiger partial charge in [-0.2, -0.15) is 0 Å². The SMILES string of the molecule is COc1ccc2c(c1)c(-c1cc3cccnc3[nH]1)cn2CC(=O)NC1CC1. The summed E-state index contributed by atoms with van der Waals surface area (Å²) >= 11 is 0. The van der Waals surface area contributed by atoms with Crippen LogP contribution in [0.25, 0.3) is 33.2 Å². The fraction of sp³-hybridized carbons (Fsp3) is 0.238. The van der Waals surface area contributed by atoms with E-state index in [-0.39, 0.29) is 5.91 Å². The van der Waals surface area contributed by atoms with Gasteiger partial charge in [-0.05, 0) is 49.2 Å². The minimum atomic E-state index is 0.0510. The van der Waals surface area contributed by atoms with Crippen LogP contribution in [0.3, 0.4) is 0 Å². The van der Waals surface area contributed by atoms with Crippen LogP contribution in [0.4, 0.5) is 0 Å². The third-order valence-electron chi connectivity index (χ3n) is 5.03. The Balaban J connectivity index is 1.62. The number of aromatic amines is 1. The fourth-order valence-electron chi connectivity index (χ4n) is 3.51. The lowest BCUT2D eigenvalue weighted by Crippen LogP contribution is -2.29. The van der Waals surface area contributed by atoms with Crippen molar-refractivity contribution in [3.63, 3.8) is 0 Å². The third-order valence-corrected chi connectivity index (χ3v) is 5.03. The number of nitrogens with zero attached hydrogens (tertiary/aromatic N) is 2. The molecule has 3 aromatic heterocycles. The van der Waals surface area contributed by atoms with Crippen LogP contribution in [-0.4, -0.2) is 33.6 Å². The number of carbonyl (C=O) groups excluding carboxylic acids is 1. The van der Waals surface area contributed by atoms with Gasteiger partial charge in [-0.3, -0.25) is 4.79 Å². The summed E-state index contributed by atoms with van der Waals surface area (Å²) in [6, 6.07) is 12.3. The van der Waals surface area contributed by atoms with Gasteiger partial charge in [0.25, 0.3) is 0 Å². The molecule has 6 nitrogen and oxygen atoms in total. The highest BCUT2D eigenvalue weighted by atomic mass is 16.5. The molecule has 0 aliphatic heterocycles. The molecular formula is C21H20N4O2. The minimum Gasteiger partial charge on any atom is -0.497 e. The number of pyridine rings is 1. The van der Waals surface area contributed by atoms with Gasteiger partial charge >= 0.3 is 0 Å². The van der Waals surface area contributed by atoms with Crippen molar-refractivity contribution in [2.75, 3.05) is 7.11 Å². The predicted molar refractivity (Wildman–Crippen MR) is 105 cm³/mol. The van der Waals surface area contributed by atoms with Gasteiger partial charge in [0, 0.05) is 46.0 Å². The number of rotatable bonds is 5. The Hall–Kier alpha value is -3.28. The van der Waals surface area contributed by atoms with Crippen molar-refractivity contribution in [1.29, 1.82) is 0 Å². The number of benzene rings is 1. The van der Waals surface area contributed by atoms with E-state index in [1.54, 1.807) is 13.3 Å². The first-order chi connectivity index (χ1) is 13.2. The molecule has 0 spiro atoms. The van der Waals surface area contributed by atoms with E-state index in [1.165, 1.54) is 0 Å². The smallest absolute Gasteiger partial charge is 0.240 e. The molecule has 2 N–H and O–H groups in total. The van der Waals surface area contributed by atoms with Gasteiger partial charge in [0.2, 0.25) is 5.91 Å². The zero-order chi connectivity index (χ0) is 18.4. The maximum Gasteiger partial charge on any atom is 0.240 e. The molecule has 6 heteroatoms. The van der Waals surface area contributed by atoms with E-state index in [4.69, 9.17) is 4.74 Å². The number of amides is 1. The lowest BCUT2D eigenvalue weighted by molar-refractivity contribution is -0.121. The van der Waals surface area contributed by atoms with Crippen LogP contribution in [0.1, 0.15) is 12.8 Å². The Bertz CT molecular complexity index is 1120. The van der Waals surface area contributed by atoms with Crippen molar-refractivity contribution in [3.8, 4) is 17.0 Å². The van der Waals surface area contributed by atoms with Crippen LogP contribution in [0.5, 0.6) is 5.75 Å². The number of fused-ring (bicyclic) bond motifs is 2. The number of H-pyrrole nitrogens is 1. The Kier molecular flexibility index (Phi) is 3.63. The maximum atomic E-state index is 12.3. The summed E-state index contributed by atoms with van der Waals surface area (Å²) in [5.74, 6) is 0.841. The van der Waals surface area contributed by atoms with E-state index in [1.807, 2.05) is 41.1 Å². The molecule has 1 amide bonds. The van der Waals surface area contributed by atoms with Crippen molar-refractivity contribution in [1.82, 2.24) is 19.9 Å². The van der Waals surface area contributed by atoms with Crippen molar-refractivity contribution in [2.45, 2.75) is 25.4 Å². The van der Waals surface area contributed by atoms with E-state index in [0.29, 0.717) is 12.6 Å². The zero-order valence-electron chi connectivity index (χ0n) is 15.0. The molecule has 1 aliphatic rings. The van der Waals surface area contributed by atoms with Gasteiger partial charge in [0.05, 0.1) is 7.11 Å². The number of methoxy groups -OCH3 is 1. The van der Waals surface area contributed by atoms with Gasteiger partial charge in [-0.25, -0.2) is 4.98 Å². The lowest BCUT2D eigenvalue weighted by atomic mass is 10.1. The summed E-state index contributed by atoms with van der Waals surface area (Å²) in [6.45, 7) is 0.303. The fourth-order valence-corrected chi connectivity index (χ4v) is 3.51. The van der Waals surface area contributed by atoms with Gasteiger partial charge in [-0.1, -0.05) is 0 Å². The normalized spacial score (nSPS) is 14.0. The highest BCUT2D eigenvalue weighted by Crippen LogP contribution is 2.34. The first-order valence-corrected chi connectivity index (χ1v) is 9.11. The number of ether oxygens (including phenoxy) is 1. The summed E-state index contributed by atoms with van der Waals surface area (Å²) < 4.78 is 7.41. The standard InChI is InChI=1S/C21H20N4O2/c1-27-15-6-7-19-16(10-15)17(11-25(19)12-20(26)23-14-4-5-14)18-9-13-3-2-8-22-21(13)24-18/h2-3,6-11,14H,4-5,12H2,1H3,(H,22,24)(H,23,26). The van der Waals surface area contributed by atoms with E-state index < -0.39 is 0 Å². The first-order valence-electron chi connectivity index (χ1n) is 9.11. The van der Waals surface area contributed by atoms with Crippen LogP contribution in [0, 0.1) is 0 Å². The highest BCUT2D eigenvalue weighted by Gasteiger charge is 2.23. The second kappa shape index (κ2) is 6.16. The van der Waals surface area contributed by atoms with Crippen LogP contribution in [0.15, 0.2) is 48.8 Å². The molecular weight excluding hydrogens is 340 g/mol. The van der Waals surface area contributed by atoms with Crippen LogP contribution in [0.2, 0.25) is 0 Å². The van der Waals surface area contributed by atoms with E-state index in [9.17, 15) is 4.79 Å². The Labute approximate surface area is 156 Å². The predicted octanol–water partition coefficient (Wildman–Crippen LogP) is 3.47. The monoisotopic (exact) mass is 360 g/mol. The molecule has 136 valence electrons. The second-order valence-electron chi connectivity index (χ2n) is 7.02. The molecule has 0 bridgehead atoms. The van der Waals surface area contributed by atoms with E-state index >= 15 is 0 Å². The van der Waals surface area contributed by atoms with Crippen LogP contribution in [-0.2, 0) is 11.3 Å². The lowest BCUT2D eigenvalue weighted by Gasteiger charge is -2.06. The Morgan fingerprint density at radius 2 is 2.22 bits per heavy atom. The molecule has 0 atom stereocenters. The Morgan fingerprint density at radius 1 is 1.33 bits per heavy atom. The number of carbonyl (C=O) groups is 1. The van der Waals surface area contributed by atoms with Gasteiger partial charge in [0.1, 0.15) is 17.9 Å². The molecule has 4 aromatic rings. The van der Waals surface area contributed by atoms with Crippen molar-refractivity contribution in [3.05, 3.63) is 48.8 Å². The molecule has 1 saturated carbocycles. The van der Waals surface area contributed by atoms with Gasteiger partial charge < -0.3 is 19.6 Å². The van der Waals surface area contributed by atoms with Crippen LogP contribution < -0.4 is 10.1 Å². The Morgan fingerprint density at radius 3 is 3.00 bits per heavy atom. The highest BCUT2D eigenvalue weighted by molar-refractivity contribution is 5.99. The first kappa shape index (κ1) is 15.9. The molecule has 5 rings (SSSR count). The molecule has 0 unspecified atom stereocenters. The molecule has 1 aliphatic carbocycles. The number of aromatic nitrogens is 3. The average Bonchev–Trinajstić information content (AvgIpc) is 3.27. The van der Waals surface area contributed by atoms with Gasteiger partial charge in [-0.15, -0.1) is 0 Å². The van der Waals surface area contributed by atoms with Crippen molar-refractivity contribution >= 4 is 27.8 Å².